The van der Waals surface area contributed by atoms with E-state index >= 15 is 0 Å². The van der Waals surface area contributed by atoms with E-state index in [9.17, 15) is 9.59 Å². The highest BCUT2D eigenvalue weighted by molar-refractivity contribution is 5.91. The summed E-state index contributed by atoms with van der Waals surface area (Å²) in [5, 5.41) is 0. The molecule has 0 amide bonds. The van der Waals surface area contributed by atoms with Crippen LogP contribution in [0.3, 0.4) is 0 Å². The fourth-order valence-electron chi connectivity index (χ4n) is 3.45. The molecule has 1 heterocycles. The zero-order chi connectivity index (χ0) is 19.3. The van der Waals surface area contributed by atoms with E-state index in [-0.39, 0.29) is 30.1 Å². The van der Waals surface area contributed by atoms with Gasteiger partial charge in [-0.2, -0.15) is 0 Å². The summed E-state index contributed by atoms with van der Waals surface area (Å²) < 4.78 is 11.0. The van der Waals surface area contributed by atoms with E-state index in [2.05, 4.69) is 38.7 Å². The molecule has 142 valence electrons. The van der Waals surface area contributed by atoms with Crippen LogP contribution in [0.4, 0.5) is 0 Å². The van der Waals surface area contributed by atoms with E-state index in [1.807, 2.05) is 6.92 Å². The van der Waals surface area contributed by atoms with Crippen molar-refractivity contribution in [3.05, 3.63) is 47.1 Å². The molecule has 4 nitrogen and oxygen atoms in total. The summed E-state index contributed by atoms with van der Waals surface area (Å²) in [6.07, 6.45) is 10.1. The average Bonchev–Trinajstić information content (AvgIpc) is 2.82. The molecule has 1 saturated heterocycles. The van der Waals surface area contributed by atoms with Gasteiger partial charge in [0.15, 0.2) is 0 Å². The number of carbonyl (C=O) groups excluding carboxylic acids is 2. The van der Waals surface area contributed by atoms with Gasteiger partial charge < -0.3 is 9.47 Å². The zero-order valence-electron chi connectivity index (χ0n) is 16.3. The quantitative estimate of drug-likeness (QED) is 0.383. The first-order valence-corrected chi connectivity index (χ1v) is 9.34. The van der Waals surface area contributed by atoms with Gasteiger partial charge in [-0.1, -0.05) is 29.9 Å². The maximum Gasteiger partial charge on any atom is 0.334 e. The Morgan fingerprint density at radius 2 is 1.92 bits per heavy atom. The topological polar surface area (TPSA) is 52.6 Å². The van der Waals surface area contributed by atoms with Gasteiger partial charge in [-0.15, -0.1) is 0 Å². The van der Waals surface area contributed by atoms with E-state index < -0.39 is 0 Å². The van der Waals surface area contributed by atoms with Crippen LogP contribution in [-0.2, 0) is 19.1 Å². The predicted molar refractivity (Wildman–Crippen MR) is 102 cm³/mol. The molecule has 4 heteroatoms. The Hall–Kier alpha value is -2.10. The molecule has 1 aliphatic carbocycles. The molecule has 0 spiro atoms. The fourth-order valence-corrected chi connectivity index (χ4v) is 3.45. The second kappa shape index (κ2) is 9.02. The Labute approximate surface area is 156 Å². The molecular formula is C22H30O4. The molecule has 26 heavy (non-hydrogen) atoms. The van der Waals surface area contributed by atoms with Crippen LogP contribution in [0.15, 0.2) is 47.1 Å². The number of hydrogen-bond donors (Lipinski definition) is 0. The first-order chi connectivity index (χ1) is 12.3. The number of esters is 2. The van der Waals surface area contributed by atoms with E-state index in [4.69, 9.17) is 9.47 Å². The lowest BCUT2D eigenvalue weighted by Crippen LogP contribution is -2.19. The standard InChI is InChI=1S/C22H30O4/c1-14-7-6-8-15(2)13-21-19(17(4)22(24)26-21)11-10-16(3)20(12-9-14)25-18(5)23/h7,10,13,19-21H,4,6,8-9,11-12H2,1-3,5H3/b14-7-,15-13-,16-10-/t19-,20-,21-/m0/s1. The monoisotopic (exact) mass is 358 g/mol. The van der Waals surface area contributed by atoms with Gasteiger partial charge in [0.05, 0.1) is 0 Å². The van der Waals surface area contributed by atoms with Crippen molar-refractivity contribution in [3.8, 4) is 0 Å². The number of rotatable bonds is 1. The molecule has 0 unspecified atom stereocenters. The molecule has 1 fully saturated rings. The molecular weight excluding hydrogens is 328 g/mol. The highest BCUT2D eigenvalue weighted by atomic mass is 16.6. The van der Waals surface area contributed by atoms with Crippen molar-refractivity contribution in [1.29, 1.82) is 0 Å². The Morgan fingerprint density at radius 3 is 2.62 bits per heavy atom. The van der Waals surface area contributed by atoms with E-state index in [0.717, 1.165) is 31.3 Å². The molecule has 0 aromatic heterocycles. The molecule has 2 aliphatic rings. The number of ether oxygens (including phenoxy) is 2. The summed E-state index contributed by atoms with van der Waals surface area (Å²) in [5.41, 5.74) is 4.06. The number of hydrogen-bond acceptors (Lipinski definition) is 4. The molecule has 0 saturated carbocycles. The van der Waals surface area contributed by atoms with Gasteiger partial charge in [-0.05, 0) is 64.5 Å². The number of allylic oxidation sites excluding steroid dienone is 4. The highest BCUT2D eigenvalue weighted by Crippen LogP contribution is 2.33. The van der Waals surface area contributed by atoms with Crippen molar-refractivity contribution in [2.75, 3.05) is 0 Å². The first kappa shape index (κ1) is 20.2. The van der Waals surface area contributed by atoms with Crippen LogP contribution in [0, 0.1) is 5.92 Å². The second-order valence-electron chi connectivity index (χ2n) is 7.42. The van der Waals surface area contributed by atoms with Crippen molar-refractivity contribution < 1.29 is 19.1 Å². The minimum Gasteiger partial charge on any atom is -0.458 e. The first-order valence-electron chi connectivity index (χ1n) is 9.34. The molecule has 1 aliphatic heterocycles. The van der Waals surface area contributed by atoms with Crippen LogP contribution in [0.1, 0.15) is 59.8 Å². The minimum absolute atomic E-state index is 0.0643. The Balaban J connectivity index is 2.30. The lowest BCUT2D eigenvalue weighted by molar-refractivity contribution is -0.145. The summed E-state index contributed by atoms with van der Waals surface area (Å²) in [4.78, 5) is 23.5. The zero-order valence-corrected chi connectivity index (χ0v) is 16.3. The molecule has 0 N–H and O–H groups in total. The van der Waals surface area contributed by atoms with Crippen LogP contribution < -0.4 is 0 Å². The van der Waals surface area contributed by atoms with Gasteiger partial charge in [0, 0.05) is 18.4 Å². The van der Waals surface area contributed by atoms with Crippen LogP contribution in [-0.4, -0.2) is 24.1 Å². The summed E-state index contributed by atoms with van der Waals surface area (Å²) in [6.45, 7) is 11.5. The Morgan fingerprint density at radius 1 is 1.19 bits per heavy atom. The third kappa shape index (κ3) is 5.45. The Kier molecular flexibility index (Phi) is 7.01. The van der Waals surface area contributed by atoms with Crippen LogP contribution >= 0.6 is 0 Å². The van der Waals surface area contributed by atoms with Crippen molar-refractivity contribution >= 4 is 11.9 Å². The van der Waals surface area contributed by atoms with E-state index in [1.54, 1.807) is 0 Å². The molecule has 0 bridgehead atoms. The largest absolute Gasteiger partial charge is 0.458 e. The van der Waals surface area contributed by atoms with Gasteiger partial charge in [-0.3, -0.25) is 4.79 Å². The average molecular weight is 358 g/mol. The maximum absolute atomic E-state index is 12.0. The van der Waals surface area contributed by atoms with Crippen LogP contribution in [0.25, 0.3) is 0 Å². The normalized spacial score (nSPS) is 34.2. The maximum atomic E-state index is 12.0. The fraction of sp³-hybridized carbons (Fsp3) is 0.545. The van der Waals surface area contributed by atoms with Crippen molar-refractivity contribution in [1.82, 2.24) is 0 Å². The van der Waals surface area contributed by atoms with Crippen LogP contribution in [0.2, 0.25) is 0 Å². The van der Waals surface area contributed by atoms with Crippen LogP contribution in [0.5, 0.6) is 0 Å². The predicted octanol–water partition coefficient (Wildman–Crippen LogP) is 4.82. The van der Waals surface area contributed by atoms with Gasteiger partial charge in [-0.25, -0.2) is 4.79 Å². The van der Waals surface area contributed by atoms with E-state index in [0.29, 0.717) is 12.0 Å². The summed E-state index contributed by atoms with van der Waals surface area (Å²) in [7, 11) is 0. The highest BCUT2D eigenvalue weighted by Gasteiger charge is 2.36. The summed E-state index contributed by atoms with van der Waals surface area (Å²) in [5.74, 6) is -0.650. The van der Waals surface area contributed by atoms with Crippen molar-refractivity contribution in [2.45, 2.75) is 72.0 Å². The summed E-state index contributed by atoms with van der Waals surface area (Å²) >= 11 is 0. The lowest BCUT2D eigenvalue weighted by Gasteiger charge is -2.20. The number of fused-ring (bicyclic) bond motifs is 1. The smallest absolute Gasteiger partial charge is 0.334 e. The number of carbonyl (C=O) groups is 2. The van der Waals surface area contributed by atoms with Crippen molar-refractivity contribution in [3.63, 3.8) is 0 Å². The van der Waals surface area contributed by atoms with Crippen molar-refractivity contribution in [2.24, 2.45) is 5.92 Å². The SMILES string of the molecule is C=C1C(=O)O[C@H]2/C=C(/C)CC/C=C(/C)CC[C@H](OC(C)=O)/C(C)=C\C[C@@H]12. The third-order valence-corrected chi connectivity index (χ3v) is 5.14. The van der Waals surface area contributed by atoms with Gasteiger partial charge in [0.1, 0.15) is 12.2 Å². The second-order valence-corrected chi connectivity index (χ2v) is 7.42. The lowest BCUT2D eigenvalue weighted by atomic mass is 9.90. The minimum atomic E-state index is -0.313. The molecule has 0 aromatic carbocycles. The molecule has 3 atom stereocenters. The van der Waals surface area contributed by atoms with E-state index in [1.165, 1.54) is 18.1 Å². The molecule has 2 rings (SSSR count). The summed E-state index contributed by atoms with van der Waals surface area (Å²) in [6, 6.07) is 0. The van der Waals surface area contributed by atoms with Gasteiger partial charge in [0.2, 0.25) is 0 Å². The van der Waals surface area contributed by atoms with Gasteiger partial charge >= 0.3 is 11.9 Å². The molecule has 0 radical (unpaired) electrons. The van der Waals surface area contributed by atoms with Gasteiger partial charge in [0.25, 0.3) is 0 Å². The Bertz CT molecular complexity index is 666. The molecule has 0 aromatic rings. The third-order valence-electron chi connectivity index (χ3n) is 5.14.